The summed E-state index contributed by atoms with van der Waals surface area (Å²) in [6.07, 6.45) is 15.9. The molecule has 8 atom stereocenters. The van der Waals surface area contributed by atoms with E-state index in [2.05, 4.69) is 46.8 Å². The first-order valence-corrected chi connectivity index (χ1v) is 12.3. The van der Waals surface area contributed by atoms with Crippen LogP contribution in [-0.4, -0.2) is 21.9 Å². The Morgan fingerprint density at radius 2 is 1.90 bits per heavy atom. The van der Waals surface area contributed by atoms with Gasteiger partial charge in [0.25, 0.3) is 0 Å². The number of hydrogen-bond donors (Lipinski definition) is 2. The van der Waals surface area contributed by atoms with Crippen LogP contribution in [0.1, 0.15) is 98.8 Å². The highest BCUT2D eigenvalue weighted by Crippen LogP contribution is 2.67. The van der Waals surface area contributed by atoms with E-state index < -0.39 is 5.60 Å². The molecule has 0 aliphatic heterocycles. The van der Waals surface area contributed by atoms with Crippen molar-refractivity contribution in [3.63, 3.8) is 0 Å². The highest BCUT2D eigenvalue weighted by molar-refractivity contribution is 5.25. The molecule has 4 rings (SSSR count). The summed E-state index contributed by atoms with van der Waals surface area (Å²) >= 11 is 0. The lowest BCUT2D eigenvalue weighted by Gasteiger charge is -2.59. The Hall–Kier alpha value is -0.600. The van der Waals surface area contributed by atoms with Gasteiger partial charge in [-0.05, 0) is 119 Å². The minimum Gasteiger partial charge on any atom is -0.393 e. The Labute approximate surface area is 178 Å². The van der Waals surface area contributed by atoms with Gasteiger partial charge in [0.15, 0.2) is 0 Å². The maximum absolute atomic E-state index is 11.5. The van der Waals surface area contributed by atoms with Crippen LogP contribution < -0.4 is 0 Å². The van der Waals surface area contributed by atoms with Gasteiger partial charge in [0, 0.05) is 0 Å². The monoisotopic (exact) mass is 400 g/mol. The summed E-state index contributed by atoms with van der Waals surface area (Å²) in [6, 6.07) is 0. The zero-order chi connectivity index (χ0) is 21.0. The lowest BCUT2D eigenvalue weighted by atomic mass is 9.46. The molecule has 0 saturated heterocycles. The number of aliphatic hydroxyl groups excluding tert-OH is 1. The van der Waals surface area contributed by atoms with Crippen molar-refractivity contribution in [2.45, 2.75) is 111 Å². The maximum Gasteiger partial charge on any atom is 0.0656 e. The second-order valence-corrected chi connectivity index (χ2v) is 12.0. The van der Waals surface area contributed by atoms with Crippen LogP contribution in [0, 0.1) is 34.5 Å². The Morgan fingerprint density at radius 1 is 1.14 bits per heavy atom. The molecule has 0 bridgehead atoms. The van der Waals surface area contributed by atoms with E-state index in [1.807, 2.05) is 0 Å². The fourth-order valence-electron chi connectivity index (χ4n) is 8.49. The molecule has 2 nitrogen and oxygen atoms in total. The Kier molecular flexibility index (Phi) is 5.61. The quantitative estimate of drug-likeness (QED) is 0.534. The fraction of sp³-hybridized carbons (Fsp3) is 0.852. The van der Waals surface area contributed by atoms with E-state index in [-0.39, 0.29) is 11.5 Å². The number of fused-ring (bicyclic) bond motifs is 5. The van der Waals surface area contributed by atoms with Gasteiger partial charge in [-0.3, -0.25) is 0 Å². The molecule has 0 aromatic carbocycles. The zero-order valence-corrected chi connectivity index (χ0v) is 19.5. The van der Waals surface area contributed by atoms with Gasteiger partial charge in [0.1, 0.15) is 0 Å². The van der Waals surface area contributed by atoms with E-state index in [0.29, 0.717) is 11.3 Å². The minimum absolute atomic E-state index is 0.119. The number of aliphatic hydroxyl groups is 2. The van der Waals surface area contributed by atoms with Crippen molar-refractivity contribution in [2.24, 2.45) is 34.5 Å². The van der Waals surface area contributed by atoms with Gasteiger partial charge in [0.2, 0.25) is 0 Å². The summed E-state index contributed by atoms with van der Waals surface area (Å²) in [5.41, 5.74) is 2.95. The molecule has 4 aliphatic rings. The molecule has 0 heterocycles. The molecule has 0 aromatic rings. The molecule has 29 heavy (non-hydrogen) atoms. The largest absolute Gasteiger partial charge is 0.393 e. The standard InChI is InChI=1S/C27H44O2/c1-18(2)7-6-14-27(5,29)24-11-10-22-21-9-8-19-17-20(28)12-15-25(19,3)23(21)13-16-26(22,24)4/h7-8,20-24,28-29H,6,9-17H2,1-5H3. The van der Waals surface area contributed by atoms with Crippen LogP contribution in [-0.2, 0) is 0 Å². The van der Waals surface area contributed by atoms with Crippen molar-refractivity contribution in [1.29, 1.82) is 0 Å². The SMILES string of the molecule is CC(C)=CCCC(C)(O)C1CCC2C3CC=C4CC(O)CCC4(C)C3CCC21C. The van der Waals surface area contributed by atoms with E-state index in [0.717, 1.165) is 49.9 Å². The lowest BCUT2D eigenvalue weighted by molar-refractivity contribution is -0.104. The summed E-state index contributed by atoms with van der Waals surface area (Å²) < 4.78 is 0. The summed E-state index contributed by atoms with van der Waals surface area (Å²) in [5.74, 6) is 2.74. The smallest absolute Gasteiger partial charge is 0.0656 e. The van der Waals surface area contributed by atoms with Gasteiger partial charge >= 0.3 is 0 Å². The van der Waals surface area contributed by atoms with E-state index in [4.69, 9.17) is 0 Å². The summed E-state index contributed by atoms with van der Waals surface area (Å²) in [5, 5.41) is 21.7. The van der Waals surface area contributed by atoms with Gasteiger partial charge < -0.3 is 10.2 Å². The van der Waals surface area contributed by atoms with Crippen LogP contribution in [0.25, 0.3) is 0 Å². The first-order valence-electron chi connectivity index (χ1n) is 12.3. The Balaban J connectivity index is 1.55. The van der Waals surface area contributed by atoms with Crippen LogP contribution in [0.5, 0.6) is 0 Å². The lowest BCUT2D eigenvalue weighted by Crippen LogP contribution is -2.53. The molecule has 3 saturated carbocycles. The van der Waals surface area contributed by atoms with Crippen molar-refractivity contribution in [1.82, 2.24) is 0 Å². The van der Waals surface area contributed by atoms with E-state index in [1.54, 1.807) is 5.57 Å². The van der Waals surface area contributed by atoms with E-state index in [9.17, 15) is 10.2 Å². The molecular formula is C27H44O2. The summed E-state index contributed by atoms with van der Waals surface area (Å²) in [6.45, 7) is 11.5. The third kappa shape index (κ3) is 3.57. The Bertz CT molecular complexity index is 685. The van der Waals surface area contributed by atoms with Gasteiger partial charge in [-0.1, -0.05) is 37.1 Å². The predicted molar refractivity (Wildman–Crippen MR) is 120 cm³/mol. The van der Waals surface area contributed by atoms with Crippen LogP contribution in [0.3, 0.4) is 0 Å². The van der Waals surface area contributed by atoms with Crippen molar-refractivity contribution in [3.05, 3.63) is 23.3 Å². The van der Waals surface area contributed by atoms with Crippen molar-refractivity contribution in [3.8, 4) is 0 Å². The number of allylic oxidation sites excluding steroid dienone is 3. The van der Waals surface area contributed by atoms with Gasteiger partial charge in [-0.25, -0.2) is 0 Å². The van der Waals surface area contributed by atoms with Crippen LogP contribution in [0.2, 0.25) is 0 Å². The second-order valence-electron chi connectivity index (χ2n) is 12.0. The van der Waals surface area contributed by atoms with Crippen molar-refractivity contribution < 1.29 is 10.2 Å². The van der Waals surface area contributed by atoms with Gasteiger partial charge in [-0.15, -0.1) is 0 Å². The highest BCUT2D eigenvalue weighted by atomic mass is 16.3. The average molecular weight is 401 g/mol. The van der Waals surface area contributed by atoms with Crippen LogP contribution in [0.15, 0.2) is 23.3 Å². The third-order valence-corrected chi connectivity index (χ3v) is 10.0. The summed E-state index contributed by atoms with van der Waals surface area (Å²) in [4.78, 5) is 0. The van der Waals surface area contributed by atoms with Crippen LogP contribution in [0.4, 0.5) is 0 Å². The maximum atomic E-state index is 11.5. The van der Waals surface area contributed by atoms with E-state index in [1.165, 1.54) is 37.7 Å². The Morgan fingerprint density at radius 3 is 2.62 bits per heavy atom. The molecule has 3 fully saturated rings. The van der Waals surface area contributed by atoms with E-state index >= 15 is 0 Å². The molecule has 8 unspecified atom stereocenters. The minimum atomic E-state index is -0.559. The van der Waals surface area contributed by atoms with Crippen molar-refractivity contribution >= 4 is 0 Å². The molecule has 2 heteroatoms. The molecule has 0 radical (unpaired) electrons. The summed E-state index contributed by atoms with van der Waals surface area (Å²) in [7, 11) is 0. The highest BCUT2D eigenvalue weighted by Gasteiger charge is 2.61. The molecule has 0 spiro atoms. The first-order chi connectivity index (χ1) is 13.6. The zero-order valence-electron chi connectivity index (χ0n) is 19.5. The predicted octanol–water partition coefficient (Wildman–Crippen LogP) is 6.42. The molecule has 164 valence electrons. The van der Waals surface area contributed by atoms with Gasteiger partial charge in [-0.2, -0.15) is 0 Å². The fourth-order valence-corrected chi connectivity index (χ4v) is 8.49. The average Bonchev–Trinajstić information content (AvgIpc) is 3.00. The molecular weight excluding hydrogens is 356 g/mol. The first kappa shape index (κ1) is 21.6. The van der Waals surface area contributed by atoms with Crippen molar-refractivity contribution in [2.75, 3.05) is 0 Å². The second kappa shape index (κ2) is 7.52. The molecule has 4 aliphatic carbocycles. The molecule has 2 N–H and O–H groups in total. The molecule has 0 aromatic heterocycles. The van der Waals surface area contributed by atoms with Crippen LogP contribution >= 0.6 is 0 Å². The normalized spacial score (nSPS) is 46.0. The molecule has 0 amide bonds. The van der Waals surface area contributed by atoms with Gasteiger partial charge in [0.05, 0.1) is 11.7 Å². The topological polar surface area (TPSA) is 40.5 Å². The number of hydrogen-bond acceptors (Lipinski definition) is 2. The third-order valence-electron chi connectivity index (χ3n) is 10.0. The number of rotatable bonds is 4.